The number of nitrogens with one attached hydrogen (secondary N) is 1. The van der Waals surface area contributed by atoms with Gasteiger partial charge < -0.3 is 10.2 Å². The highest BCUT2D eigenvalue weighted by atomic mass is 32.2. The molecule has 0 saturated carbocycles. The van der Waals surface area contributed by atoms with E-state index >= 15 is 0 Å². The maximum Gasteiger partial charge on any atom is 0.168 e. The molecule has 0 bridgehead atoms. The quantitative estimate of drug-likeness (QED) is 0.625. The fraction of sp³-hybridized carbons (Fsp3) is 0.444. The third kappa shape index (κ3) is 2.35. The van der Waals surface area contributed by atoms with Gasteiger partial charge in [-0.3, -0.25) is 0 Å². The van der Waals surface area contributed by atoms with Gasteiger partial charge in [-0.1, -0.05) is 17.8 Å². The zero-order chi connectivity index (χ0) is 8.93. The lowest BCUT2D eigenvalue weighted by atomic mass is 10.4. The third-order valence-electron chi connectivity index (χ3n) is 2.02. The normalized spacial score (nSPS) is 22.8. The van der Waals surface area contributed by atoms with E-state index in [1.165, 1.54) is 0 Å². The molecule has 1 N–H and O–H groups in total. The average molecular weight is 195 g/mol. The van der Waals surface area contributed by atoms with Crippen molar-refractivity contribution in [3.8, 4) is 0 Å². The Morgan fingerprint density at radius 2 is 2.15 bits per heavy atom. The first-order valence-corrected chi connectivity index (χ1v) is 5.36. The molecule has 1 fully saturated rings. The largest absolute Gasteiger partial charge is 0.348 e. The number of hydrogen-bond acceptors (Lipinski definition) is 4. The lowest BCUT2D eigenvalue weighted by Crippen LogP contribution is -2.45. The van der Waals surface area contributed by atoms with Gasteiger partial charge >= 0.3 is 0 Å². The Balaban J connectivity index is 2.01. The molecule has 1 saturated heterocycles. The van der Waals surface area contributed by atoms with Crippen molar-refractivity contribution in [3.63, 3.8) is 0 Å². The highest BCUT2D eigenvalue weighted by Gasteiger charge is 2.13. The van der Waals surface area contributed by atoms with E-state index in [9.17, 15) is 0 Å². The van der Waals surface area contributed by atoms with Crippen LogP contribution in [0.3, 0.4) is 0 Å². The standard InChI is InChI=1S/C9H13N3S/c1-2-8-13-9(11-3-1)12-6-4-10-5-7-12/h1-3,8,10H,4-7H2. The van der Waals surface area contributed by atoms with Crippen molar-refractivity contribution in [2.24, 2.45) is 4.99 Å². The van der Waals surface area contributed by atoms with Gasteiger partial charge in [0.1, 0.15) is 0 Å². The Morgan fingerprint density at radius 1 is 1.31 bits per heavy atom. The van der Waals surface area contributed by atoms with Crippen molar-refractivity contribution in [3.05, 3.63) is 23.8 Å². The lowest BCUT2D eigenvalue weighted by molar-refractivity contribution is 0.363. The Hall–Kier alpha value is -0.740. The van der Waals surface area contributed by atoms with Gasteiger partial charge in [-0.05, 0) is 11.5 Å². The third-order valence-corrected chi connectivity index (χ3v) is 2.89. The van der Waals surface area contributed by atoms with Crippen molar-refractivity contribution in [2.45, 2.75) is 0 Å². The predicted molar refractivity (Wildman–Crippen MR) is 57.7 cm³/mol. The Labute approximate surface area is 82.6 Å². The van der Waals surface area contributed by atoms with Crippen molar-refractivity contribution in [1.29, 1.82) is 0 Å². The van der Waals surface area contributed by atoms with Gasteiger partial charge in [0.15, 0.2) is 5.17 Å². The summed E-state index contributed by atoms with van der Waals surface area (Å²) >= 11 is 1.70. The van der Waals surface area contributed by atoms with Gasteiger partial charge in [-0.25, -0.2) is 4.99 Å². The predicted octanol–water partition coefficient (Wildman–Crippen LogP) is 1.02. The molecule has 2 aliphatic heterocycles. The molecule has 2 heterocycles. The van der Waals surface area contributed by atoms with Gasteiger partial charge in [-0.15, -0.1) is 0 Å². The lowest BCUT2D eigenvalue weighted by Gasteiger charge is -2.28. The van der Waals surface area contributed by atoms with Crippen molar-refractivity contribution < 1.29 is 0 Å². The van der Waals surface area contributed by atoms with E-state index in [-0.39, 0.29) is 0 Å². The van der Waals surface area contributed by atoms with E-state index in [0.29, 0.717) is 0 Å². The maximum absolute atomic E-state index is 4.38. The first kappa shape index (κ1) is 8.84. The molecule has 2 aliphatic rings. The van der Waals surface area contributed by atoms with Gasteiger partial charge in [0, 0.05) is 32.4 Å². The number of piperazine rings is 1. The zero-order valence-electron chi connectivity index (χ0n) is 7.44. The SMILES string of the molecule is C1=CN=C(N2CCNCC2)SC=C1. The van der Waals surface area contributed by atoms with Crippen LogP contribution in [0.2, 0.25) is 0 Å². The monoisotopic (exact) mass is 195 g/mol. The summed E-state index contributed by atoms with van der Waals surface area (Å²) in [4.78, 5) is 6.70. The van der Waals surface area contributed by atoms with Crippen LogP contribution in [-0.4, -0.2) is 36.2 Å². The molecule has 0 unspecified atom stereocenters. The molecule has 4 heteroatoms. The van der Waals surface area contributed by atoms with Crippen LogP contribution in [0.25, 0.3) is 0 Å². The molecule has 13 heavy (non-hydrogen) atoms. The summed E-state index contributed by atoms with van der Waals surface area (Å²) < 4.78 is 0. The molecule has 0 aromatic carbocycles. The number of thioether (sulfide) groups is 1. The number of rotatable bonds is 0. The molecule has 70 valence electrons. The van der Waals surface area contributed by atoms with Crippen LogP contribution in [0.15, 0.2) is 28.8 Å². The summed E-state index contributed by atoms with van der Waals surface area (Å²) in [6.45, 7) is 4.25. The smallest absolute Gasteiger partial charge is 0.168 e. The second kappa shape index (κ2) is 4.48. The van der Waals surface area contributed by atoms with Crippen molar-refractivity contribution in [2.75, 3.05) is 26.2 Å². The topological polar surface area (TPSA) is 27.6 Å². The number of nitrogens with zero attached hydrogens (tertiary/aromatic N) is 2. The molecule has 0 aliphatic carbocycles. The van der Waals surface area contributed by atoms with Crippen LogP contribution in [-0.2, 0) is 0 Å². The van der Waals surface area contributed by atoms with Crippen LogP contribution in [0, 0.1) is 0 Å². The Bertz CT molecular complexity index is 252. The number of allylic oxidation sites excluding steroid dienone is 2. The highest BCUT2D eigenvalue weighted by Crippen LogP contribution is 2.14. The van der Waals surface area contributed by atoms with Crippen molar-refractivity contribution >= 4 is 16.9 Å². The summed E-state index contributed by atoms with van der Waals surface area (Å²) in [7, 11) is 0. The molecule has 0 spiro atoms. The van der Waals surface area contributed by atoms with Crippen LogP contribution in [0.4, 0.5) is 0 Å². The fourth-order valence-electron chi connectivity index (χ4n) is 1.34. The molecule has 0 atom stereocenters. The van der Waals surface area contributed by atoms with E-state index in [4.69, 9.17) is 0 Å². The summed E-state index contributed by atoms with van der Waals surface area (Å²) in [5, 5.41) is 6.52. The van der Waals surface area contributed by atoms with Crippen LogP contribution in [0.1, 0.15) is 0 Å². The van der Waals surface area contributed by atoms with Crippen molar-refractivity contribution in [1.82, 2.24) is 10.2 Å². The summed E-state index contributed by atoms with van der Waals surface area (Å²) in [5.41, 5.74) is 0. The summed E-state index contributed by atoms with van der Waals surface area (Å²) in [5.74, 6) is 0. The fourth-order valence-corrected chi connectivity index (χ4v) is 2.09. The van der Waals surface area contributed by atoms with Crippen LogP contribution >= 0.6 is 11.8 Å². The van der Waals surface area contributed by atoms with E-state index in [1.807, 2.05) is 18.4 Å². The van der Waals surface area contributed by atoms with E-state index < -0.39 is 0 Å². The van der Waals surface area contributed by atoms with E-state index in [1.54, 1.807) is 11.8 Å². The second-order valence-corrected chi connectivity index (χ2v) is 3.81. The number of hydrogen-bond donors (Lipinski definition) is 1. The van der Waals surface area contributed by atoms with Crippen LogP contribution < -0.4 is 5.32 Å². The summed E-state index contributed by atoms with van der Waals surface area (Å²) in [6, 6.07) is 0. The summed E-state index contributed by atoms with van der Waals surface area (Å²) in [6.07, 6.45) is 5.83. The zero-order valence-corrected chi connectivity index (χ0v) is 8.26. The minimum atomic E-state index is 1.06. The van der Waals surface area contributed by atoms with E-state index in [0.717, 1.165) is 31.3 Å². The first-order valence-electron chi connectivity index (χ1n) is 4.48. The molecule has 2 rings (SSSR count). The highest BCUT2D eigenvalue weighted by molar-refractivity contribution is 8.16. The molecule has 0 amide bonds. The molecule has 0 aromatic rings. The Kier molecular flexibility index (Phi) is 3.05. The molecule has 0 radical (unpaired) electrons. The van der Waals surface area contributed by atoms with E-state index in [2.05, 4.69) is 20.6 Å². The minimum Gasteiger partial charge on any atom is -0.348 e. The minimum absolute atomic E-state index is 1.06. The number of amidine groups is 1. The Morgan fingerprint density at radius 3 is 3.00 bits per heavy atom. The second-order valence-electron chi connectivity index (χ2n) is 2.94. The molecule has 3 nitrogen and oxygen atoms in total. The molecular formula is C9H13N3S. The number of aliphatic imine (C=N–C) groups is 1. The molecular weight excluding hydrogens is 182 g/mol. The van der Waals surface area contributed by atoms with Gasteiger partial charge in [0.25, 0.3) is 0 Å². The van der Waals surface area contributed by atoms with Gasteiger partial charge in [0.05, 0.1) is 0 Å². The molecule has 0 aromatic heterocycles. The first-order chi connectivity index (χ1) is 6.47. The van der Waals surface area contributed by atoms with Gasteiger partial charge in [-0.2, -0.15) is 0 Å². The van der Waals surface area contributed by atoms with Gasteiger partial charge in [0.2, 0.25) is 0 Å². The maximum atomic E-state index is 4.38. The van der Waals surface area contributed by atoms with Crippen LogP contribution in [0.5, 0.6) is 0 Å². The average Bonchev–Trinajstić information content (AvgIpc) is 2.47.